The van der Waals surface area contributed by atoms with Crippen molar-refractivity contribution in [2.24, 2.45) is 0 Å². The molecule has 6 N–H and O–H groups in total. The molecule has 12 aromatic carbocycles. The molecule has 0 spiro atoms. The molecule has 0 heterocycles. The summed E-state index contributed by atoms with van der Waals surface area (Å²) in [7, 11) is 0.321. The molecule has 0 aromatic heterocycles. The van der Waals surface area contributed by atoms with Crippen molar-refractivity contribution in [1.82, 2.24) is 0 Å². The Balaban J connectivity index is 0.000000139. The summed E-state index contributed by atoms with van der Waals surface area (Å²) in [6.07, 6.45) is -0.715. The van der Waals surface area contributed by atoms with E-state index >= 15 is 0 Å². The van der Waals surface area contributed by atoms with Gasteiger partial charge in [0.05, 0.1) is 50.7 Å². The van der Waals surface area contributed by atoms with E-state index < -0.39 is 6.16 Å². The molecule has 0 aliphatic carbocycles. The van der Waals surface area contributed by atoms with Crippen LogP contribution in [0.2, 0.25) is 0 Å². The average Bonchev–Trinajstić information content (AvgIpc) is 3.40. The molecular weight excluding hydrogens is 1160 g/mol. The van der Waals surface area contributed by atoms with Crippen LogP contribution >= 0.6 is 0 Å². The second kappa shape index (κ2) is 31.3. The lowest BCUT2D eigenvalue weighted by molar-refractivity contribution is 0.121. The second-order valence-corrected chi connectivity index (χ2v) is 26.9. The maximum absolute atomic E-state index is 11.2. The summed E-state index contributed by atoms with van der Waals surface area (Å²) in [5.74, 6) is 1.98. The lowest BCUT2D eigenvalue weighted by atomic mass is 10.3. The normalized spacial score (nSPS) is 10.6. The third kappa shape index (κ3) is 17.6. The Labute approximate surface area is 518 Å². The van der Waals surface area contributed by atoms with Crippen LogP contribution in [0.1, 0.15) is 0 Å². The number of benzene rings is 12. The predicted octanol–water partition coefficient (Wildman–Crippen LogP) is 17.5. The van der Waals surface area contributed by atoms with Crippen LogP contribution in [0.3, 0.4) is 0 Å². The molecule has 0 atom stereocenters. The lowest BCUT2D eigenvalue weighted by Gasteiger charge is -2.08. The van der Waals surface area contributed by atoms with Gasteiger partial charge in [-0.05, 0) is 231 Å². The van der Waals surface area contributed by atoms with Crippen LogP contribution in [0.25, 0.3) is 0 Å². The predicted molar refractivity (Wildman–Crippen MR) is 349 cm³/mol. The molecule has 0 unspecified atom stereocenters. The molecule has 0 fully saturated rings. The number of hydrogen-bond acceptors (Lipinski definition) is 9. The third-order valence-electron chi connectivity index (χ3n) is 12.8. The van der Waals surface area contributed by atoms with Crippen LogP contribution in [0.4, 0.5) is 4.79 Å². The van der Waals surface area contributed by atoms with Crippen molar-refractivity contribution >= 4 is 49.7 Å². The van der Waals surface area contributed by atoms with Gasteiger partial charge in [-0.25, -0.2) is 4.79 Å². The Morgan fingerprint density at radius 3 is 0.540 bits per heavy atom. The van der Waals surface area contributed by atoms with Crippen LogP contribution in [-0.2, 0) is 48.3 Å². The summed E-state index contributed by atoms with van der Waals surface area (Å²) < 4.78 is 9.56. The van der Waals surface area contributed by atoms with Crippen molar-refractivity contribution < 1.29 is 44.9 Å². The highest BCUT2D eigenvalue weighted by molar-refractivity contribution is 7.98. The highest BCUT2D eigenvalue weighted by Crippen LogP contribution is 2.37. The van der Waals surface area contributed by atoms with E-state index in [1.54, 1.807) is 84.9 Å². The number of rotatable bonds is 13. The number of aromatic hydroxyl groups is 6. The van der Waals surface area contributed by atoms with Crippen LogP contribution in [0.5, 0.6) is 40.2 Å². The maximum atomic E-state index is 11.2. The van der Waals surface area contributed by atoms with Crippen molar-refractivity contribution in [3.8, 4) is 40.2 Å². The summed E-state index contributed by atoms with van der Waals surface area (Å²) in [6, 6.07) is 103. The largest absolute Gasteiger partial charge is 0.513 e. The number of carbonyl (C=O) groups is 1. The number of phenolic OH excluding ortho intramolecular Hbond substituents is 6. The van der Waals surface area contributed by atoms with Crippen LogP contribution in [0, 0.1) is 0 Å². The molecule has 13 heteroatoms. The van der Waals surface area contributed by atoms with Gasteiger partial charge in [0.15, 0.2) is 58.7 Å². The van der Waals surface area contributed by atoms with E-state index in [2.05, 4.69) is 89.7 Å². The Hall–Kier alpha value is -9.89. The second-order valence-electron chi connectivity index (χ2n) is 18.8. The van der Waals surface area contributed by atoms with E-state index in [-0.39, 0.29) is 72.3 Å². The van der Waals surface area contributed by atoms with Gasteiger partial charge in [0.25, 0.3) is 0 Å². The van der Waals surface area contributed by atoms with Gasteiger partial charge in [0.1, 0.15) is 40.2 Å². The van der Waals surface area contributed by atoms with Gasteiger partial charge in [0, 0.05) is 0 Å². The highest BCUT2D eigenvalue weighted by Gasteiger charge is 2.32. The molecule has 87 heavy (non-hydrogen) atoms. The molecule has 432 valence electrons. The topological polar surface area (TPSA) is 157 Å². The Morgan fingerprint density at radius 2 is 0.379 bits per heavy atom. The summed E-state index contributed by atoms with van der Waals surface area (Å²) >= 11 is 0. The highest BCUT2D eigenvalue weighted by atomic mass is 32.2. The van der Waals surface area contributed by atoms with Crippen molar-refractivity contribution in [3.05, 3.63) is 322 Å². The van der Waals surface area contributed by atoms with E-state index in [4.69, 9.17) is 4.74 Å². The van der Waals surface area contributed by atoms with Crippen LogP contribution in [-0.4, -0.2) is 43.9 Å². The molecule has 0 amide bonds. The zero-order valence-corrected chi connectivity index (χ0v) is 50.4. The molecule has 0 saturated heterocycles. The molecule has 0 aliphatic heterocycles. The zero-order chi connectivity index (χ0) is 60.7. The number of hydrogen-bond donors (Lipinski definition) is 6. The monoisotopic (exact) mass is 1220 g/mol. The molecule has 0 aliphatic rings. The maximum Gasteiger partial charge on any atom is 0.513 e. The summed E-state index contributed by atoms with van der Waals surface area (Å²) in [5.41, 5.74) is 0. The number of methoxy groups -OCH3 is 1. The zero-order valence-electron chi connectivity index (χ0n) is 47.1. The SMILES string of the molecule is COC(=O)Oc1ccc([S+](c2ccccc2)c2ccccc2)cc1.Oc1ccc([S+](c2ccc(O)cc2)c2ccc(O)cc2)cc1.Oc1ccc([S+](c2ccccc2)c2ccc(O)cc2)cc1.Oc1ccc([S+](c2ccccc2)c2ccccc2)cc1. The van der Waals surface area contributed by atoms with Crippen molar-refractivity contribution in [2.75, 3.05) is 7.11 Å². The van der Waals surface area contributed by atoms with Gasteiger partial charge in [0.2, 0.25) is 0 Å². The van der Waals surface area contributed by atoms with E-state index in [9.17, 15) is 35.4 Å². The van der Waals surface area contributed by atoms with E-state index in [0.717, 1.165) is 29.4 Å². The van der Waals surface area contributed by atoms with Gasteiger partial charge in [-0.1, -0.05) is 91.0 Å². The summed E-state index contributed by atoms with van der Waals surface area (Å²) in [6.45, 7) is 0. The first-order valence-corrected chi connectivity index (χ1v) is 32.2. The van der Waals surface area contributed by atoms with Gasteiger partial charge in [-0.2, -0.15) is 0 Å². The Bertz CT molecular complexity index is 3740. The average molecular weight is 1220 g/mol. The molecule has 12 rings (SSSR count). The van der Waals surface area contributed by atoms with Crippen LogP contribution in [0.15, 0.2) is 380 Å². The number of carbonyl (C=O) groups excluding carboxylic acids is 1. The van der Waals surface area contributed by atoms with Gasteiger partial charge in [-0.3, -0.25) is 0 Å². The molecule has 0 bridgehead atoms. The standard InChI is InChI=1S/C20H17O3S.C18H14O3S.C18H14O2S.C18H14OS/c1-22-20(21)23-16-12-14-19(15-13-16)24(17-8-4-2-5-9-17)18-10-6-3-7-11-18;19-13-1-7-16(8-2-13)22(17-9-3-14(20)4-10-17)18-11-5-15(21)6-12-18;19-14-6-10-17(11-7-14)21(16-4-2-1-3-5-16)18-12-8-15(20)9-13-18;19-15-11-13-18(14-12-15)20(16-7-3-1-4-8-16)17-9-5-2-6-10-17/h2-15H,1H3;1-12H,(H2-,19,20,21);1-13H,(H-,19,20);1-14H/q+1;;;/p+3. The molecule has 0 radical (unpaired) electrons. The minimum absolute atomic E-state index is 0.134. The van der Waals surface area contributed by atoms with Crippen molar-refractivity contribution in [2.45, 2.75) is 58.7 Å². The molecule has 0 saturated carbocycles. The minimum atomic E-state index is -0.715. The summed E-state index contributed by atoms with van der Waals surface area (Å²) in [4.78, 5) is 25.2. The van der Waals surface area contributed by atoms with Gasteiger partial charge in [-0.15, -0.1) is 0 Å². The van der Waals surface area contributed by atoms with Crippen molar-refractivity contribution in [1.29, 1.82) is 0 Å². The van der Waals surface area contributed by atoms with Crippen molar-refractivity contribution in [3.63, 3.8) is 0 Å². The van der Waals surface area contributed by atoms with Crippen LogP contribution < -0.4 is 4.74 Å². The molecule has 12 aromatic rings. The third-order valence-corrected chi connectivity index (χ3v) is 21.7. The first-order chi connectivity index (χ1) is 42.5. The summed E-state index contributed by atoms with van der Waals surface area (Å²) in [5, 5.41) is 56.9. The fourth-order valence-corrected chi connectivity index (χ4v) is 17.0. The van der Waals surface area contributed by atoms with Gasteiger partial charge >= 0.3 is 6.16 Å². The minimum Gasteiger partial charge on any atom is -0.508 e. The number of phenols is 6. The Kier molecular flexibility index (Phi) is 22.2. The molecule has 9 nitrogen and oxygen atoms in total. The van der Waals surface area contributed by atoms with E-state index in [1.807, 2.05) is 152 Å². The molecular formula is C74H62O9S4+4. The fraction of sp³-hybridized carbons (Fsp3) is 0.0135. The lowest BCUT2D eigenvalue weighted by Crippen LogP contribution is -2.08. The quantitative estimate of drug-likeness (QED) is 0.0376. The first kappa shape index (κ1) is 61.7. The first-order valence-electron chi connectivity index (χ1n) is 27.3. The van der Waals surface area contributed by atoms with Gasteiger partial charge < -0.3 is 40.1 Å². The van der Waals surface area contributed by atoms with E-state index in [0.29, 0.717) is 11.5 Å². The number of ether oxygens (including phenoxy) is 2. The van der Waals surface area contributed by atoms with E-state index in [1.165, 1.54) is 36.5 Å². The fourth-order valence-electron chi connectivity index (χ4n) is 8.69. The Morgan fingerprint density at radius 1 is 0.230 bits per heavy atom. The smallest absolute Gasteiger partial charge is 0.508 e.